The largest absolute Gasteiger partial charge is 0.482 e. The van der Waals surface area contributed by atoms with Crippen molar-refractivity contribution in [3.05, 3.63) is 46.6 Å². The third kappa shape index (κ3) is 4.01. The van der Waals surface area contributed by atoms with E-state index in [1.807, 2.05) is 0 Å². The van der Waals surface area contributed by atoms with Gasteiger partial charge in [0.1, 0.15) is 11.6 Å². The van der Waals surface area contributed by atoms with Crippen LogP contribution in [0.2, 0.25) is 10.0 Å². The molecule has 20 heavy (non-hydrogen) atoms. The molecule has 0 radical (unpaired) electrons. The lowest BCUT2D eigenvalue weighted by atomic mass is 10.3. The summed E-state index contributed by atoms with van der Waals surface area (Å²) in [6.45, 7) is -0.187. The van der Waals surface area contributed by atoms with Crippen LogP contribution in [0.5, 0.6) is 5.75 Å². The molecule has 0 spiro atoms. The van der Waals surface area contributed by atoms with Gasteiger partial charge < -0.3 is 15.8 Å². The van der Waals surface area contributed by atoms with E-state index in [0.717, 1.165) is 0 Å². The summed E-state index contributed by atoms with van der Waals surface area (Å²) in [6, 6.07) is 8.00. The minimum Gasteiger partial charge on any atom is -0.482 e. The van der Waals surface area contributed by atoms with Gasteiger partial charge in [0.25, 0.3) is 5.91 Å². The molecular weight excluding hydrogens is 301 g/mol. The smallest absolute Gasteiger partial charge is 0.263 e. The van der Waals surface area contributed by atoms with Gasteiger partial charge >= 0.3 is 0 Å². The Labute approximate surface area is 125 Å². The molecular formula is C13H11Cl2N3O2. The zero-order chi connectivity index (χ0) is 14.5. The number of hydrogen-bond acceptors (Lipinski definition) is 4. The van der Waals surface area contributed by atoms with Gasteiger partial charge in [0.2, 0.25) is 0 Å². The Balaban J connectivity index is 1.90. The fourth-order valence-electron chi connectivity index (χ4n) is 1.39. The van der Waals surface area contributed by atoms with Crippen LogP contribution >= 0.6 is 23.2 Å². The standard InChI is InChI=1S/C13H11Cl2N3O2/c14-8-1-3-11(10(15)5-8)20-7-13(19)18-12-4-2-9(16)6-17-12/h1-6H,7,16H2,(H,17,18,19). The van der Waals surface area contributed by atoms with Crippen LogP contribution < -0.4 is 15.8 Å². The predicted octanol–water partition coefficient (Wildman–Crippen LogP) is 2.99. The summed E-state index contributed by atoms with van der Waals surface area (Å²) < 4.78 is 5.29. The zero-order valence-corrected chi connectivity index (χ0v) is 11.8. The third-order valence-electron chi connectivity index (χ3n) is 2.31. The maximum atomic E-state index is 11.7. The molecule has 0 atom stereocenters. The van der Waals surface area contributed by atoms with Crippen LogP contribution in [0, 0.1) is 0 Å². The molecule has 104 valence electrons. The van der Waals surface area contributed by atoms with Crippen LogP contribution in [0.1, 0.15) is 0 Å². The summed E-state index contributed by atoms with van der Waals surface area (Å²) in [5, 5.41) is 3.41. The van der Waals surface area contributed by atoms with Gasteiger partial charge in [-0.25, -0.2) is 4.98 Å². The van der Waals surface area contributed by atoms with E-state index in [1.54, 1.807) is 24.3 Å². The lowest BCUT2D eigenvalue weighted by Gasteiger charge is -2.08. The highest BCUT2D eigenvalue weighted by molar-refractivity contribution is 6.35. The quantitative estimate of drug-likeness (QED) is 0.910. The molecule has 1 amide bonds. The lowest BCUT2D eigenvalue weighted by Crippen LogP contribution is -2.20. The Bertz CT molecular complexity index is 618. The van der Waals surface area contributed by atoms with E-state index >= 15 is 0 Å². The lowest BCUT2D eigenvalue weighted by molar-refractivity contribution is -0.118. The summed E-state index contributed by atoms with van der Waals surface area (Å²) in [5.74, 6) is 0.430. The van der Waals surface area contributed by atoms with Crippen molar-refractivity contribution in [3.63, 3.8) is 0 Å². The van der Waals surface area contributed by atoms with E-state index < -0.39 is 0 Å². The number of hydrogen-bond donors (Lipinski definition) is 2. The second-order valence-corrected chi connectivity index (χ2v) is 4.73. The van der Waals surface area contributed by atoms with Crippen LogP contribution in [0.15, 0.2) is 36.5 Å². The van der Waals surface area contributed by atoms with E-state index in [0.29, 0.717) is 27.3 Å². The molecule has 0 aliphatic rings. The fraction of sp³-hybridized carbons (Fsp3) is 0.0769. The number of amides is 1. The van der Waals surface area contributed by atoms with Gasteiger partial charge in [-0.15, -0.1) is 0 Å². The Hall–Kier alpha value is -1.98. The summed E-state index contributed by atoms with van der Waals surface area (Å²) in [4.78, 5) is 15.6. The van der Waals surface area contributed by atoms with Crippen molar-refractivity contribution < 1.29 is 9.53 Å². The number of nitrogens with two attached hydrogens (primary N) is 1. The average molecular weight is 312 g/mol. The second-order valence-electron chi connectivity index (χ2n) is 3.89. The van der Waals surface area contributed by atoms with Crippen LogP contribution in [0.25, 0.3) is 0 Å². The van der Waals surface area contributed by atoms with Crippen molar-refractivity contribution in [3.8, 4) is 5.75 Å². The number of nitrogen functional groups attached to an aromatic ring is 1. The molecule has 0 aliphatic heterocycles. The molecule has 1 aromatic carbocycles. The van der Waals surface area contributed by atoms with Gasteiger partial charge in [0.15, 0.2) is 6.61 Å². The van der Waals surface area contributed by atoms with Crippen LogP contribution in [0.4, 0.5) is 11.5 Å². The molecule has 5 nitrogen and oxygen atoms in total. The topological polar surface area (TPSA) is 77.2 Å². The minimum absolute atomic E-state index is 0.187. The molecule has 0 saturated carbocycles. The average Bonchev–Trinajstić information content (AvgIpc) is 2.40. The van der Waals surface area contributed by atoms with Gasteiger partial charge in [-0.3, -0.25) is 4.79 Å². The minimum atomic E-state index is -0.353. The molecule has 0 bridgehead atoms. The first kappa shape index (κ1) is 14.4. The first-order valence-corrected chi connectivity index (χ1v) is 6.39. The molecule has 0 aliphatic carbocycles. The summed E-state index contributed by atoms with van der Waals surface area (Å²) in [7, 11) is 0. The maximum Gasteiger partial charge on any atom is 0.263 e. The number of nitrogens with one attached hydrogen (secondary N) is 1. The second kappa shape index (κ2) is 6.45. The summed E-state index contributed by atoms with van der Waals surface area (Å²) in [6.07, 6.45) is 1.45. The molecule has 2 rings (SSSR count). The number of aromatic nitrogens is 1. The van der Waals surface area contributed by atoms with Crippen LogP contribution in [-0.2, 0) is 4.79 Å². The van der Waals surface area contributed by atoms with Crippen molar-refractivity contribution >= 4 is 40.6 Å². The third-order valence-corrected chi connectivity index (χ3v) is 2.84. The number of pyridine rings is 1. The molecule has 2 aromatic rings. The molecule has 1 aromatic heterocycles. The van der Waals surface area contributed by atoms with Gasteiger partial charge in [0, 0.05) is 5.02 Å². The fourth-order valence-corrected chi connectivity index (χ4v) is 1.86. The van der Waals surface area contributed by atoms with Crippen molar-refractivity contribution in [2.75, 3.05) is 17.7 Å². The number of ether oxygens (including phenoxy) is 1. The van der Waals surface area contributed by atoms with Crippen molar-refractivity contribution in [2.45, 2.75) is 0 Å². The number of nitrogens with zero attached hydrogens (tertiary/aromatic N) is 1. The van der Waals surface area contributed by atoms with Crippen molar-refractivity contribution in [1.82, 2.24) is 4.98 Å². The summed E-state index contributed by atoms with van der Waals surface area (Å²) >= 11 is 11.7. The number of anilines is 2. The summed E-state index contributed by atoms with van der Waals surface area (Å²) in [5.41, 5.74) is 6.02. The van der Waals surface area contributed by atoms with E-state index in [9.17, 15) is 4.79 Å². The van der Waals surface area contributed by atoms with Crippen LogP contribution in [-0.4, -0.2) is 17.5 Å². The predicted molar refractivity (Wildman–Crippen MR) is 79.2 cm³/mol. The Kier molecular flexibility index (Phi) is 4.65. The van der Waals surface area contributed by atoms with Gasteiger partial charge in [-0.2, -0.15) is 0 Å². The molecule has 0 unspecified atom stereocenters. The Morgan fingerprint density at radius 3 is 2.75 bits per heavy atom. The number of benzene rings is 1. The van der Waals surface area contributed by atoms with Gasteiger partial charge in [-0.05, 0) is 30.3 Å². The highest BCUT2D eigenvalue weighted by atomic mass is 35.5. The molecule has 1 heterocycles. The van der Waals surface area contributed by atoms with Crippen molar-refractivity contribution in [2.24, 2.45) is 0 Å². The molecule has 0 fully saturated rings. The Morgan fingerprint density at radius 1 is 1.30 bits per heavy atom. The first-order chi connectivity index (χ1) is 9.54. The van der Waals surface area contributed by atoms with Crippen LogP contribution in [0.3, 0.4) is 0 Å². The number of rotatable bonds is 4. The Morgan fingerprint density at radius 2 is 2.10 bits per heavy atom. The number of carbonyl (C=O) groups is 1. The maximum absolute atomic E-state index is 11.7. The normalized spacial score (nSPS) is 10.1. The molecule has 0 saturated heterocycles. The molecule has 3 N–H and O–H groups in total. The number of halogens is 2. The monoisotopic (exact) mass is 311 g/mol. The van der Waals surface area contributed by atoms with Gasteiger partial charge in [0.05, 0.1) is 16.9 Å². The highest BCUT2D eigenvalue weighted by Crippen LogP contribution is 2.27. The van der Waals surface area contributed by atoms with E-state index in [2.05, 4.69) is 10.3 Å². The zero-order valence-electron chi connectivity index (χ0n) is 10.3. The number of carbonyl (C=O) groups excluding carboxylic acids is 1. The first-order valence-electron chi connectivity index (χ1n) is 5.64. The van der Waals surface area contributed by atoms with E-state index in [4.69, 9.17) is 33.7 Å². The molecule has 7 heteroatoms. The van der Waals surface area contributed by atoms with E-state index in [-0.39, 0.29) is 12.5 Å². The van der Waals surface area contributed by atoms with Crippen molar-refractivity contribution in [1.29, 1.82) is 0 Å². The van der Waals surface area contributed by atoms with E-state index in [1.165, 1.54) is 12.3 Å². The SMILES string of the molecule is Nc1ccc(NC(=O)COc2ccc(Cl)cc2Cl)nc1. The highest BCUT2D eigenvalue weighted by Gasteiger charge is 2.07. The van der Waals surface area contributed by atoms with Gasteiger partial charge in [-0.1, -0.05) is 23.2 Å².